The molecule has 1 unspecified atom stereocenters. The molecule has 1 saturated heterocycles. The highest BCUT2D eigenvalue weighted by molar-refractivity contribution is 5.88. The van der Waals surface area contributed by atoms with Gasteiger partial charge in [-0.15, -0.1) is 0 Å². The number of nitrogens with zero attached hydrogens (tertiary/aromatic N) is 3. The fraction of sp³-hybridized carbons (Fsp3) is 0.750. The molecule has 22 heavy (non-hydrogen) atoms. The third-order valence-electron chi connectivity index (χ3n) is 4.76. The molecule has 0 radical (unpaired) electrons. The van der Waals surface area contributed by atoms with Gasteiger partial charge < -0.3 is 14.7 Å². The van der Waals surface area contributed by atoms with Gasteiger partial charge in [0.15, 0.2) is 11.4 Å². The lowest BCUT2D eigenvalue weighted by atomic mass is 9.98. The first kappa shape index (κ1) is 15.3. The molecule has 0 aromatic carbocycles. The average molecular weight is 307 g/mol. The molecule has 1 atom stereocenters. The summed E-state index contributed by atoms with van der Waals surface area (Å²) in [6.07, 6.45) is 8.37. The lowest BCUT2D eigenvalue weighted by Crippen LogP contribution is -2.34. The van der Waals surface area contributed by atoms with E-state index in [4.69, 9.17) is 4.74 Å². The van der Waals surface area contributed by atoms with E-state index >= 15 is 0 Å². The van der Waals surface area contributed by atoms with Crippen LogP contribution < -0.4 is 4.74 Å². The zero-order valence-corrected chi connectivity index (χ0v) is 13.2. The van der Waals surface area contributed by atoms with Gasteiger partial charge in [-0.2, -0.15) is 5.10 Å². The first-order valence-electron chi connectivity index (χ1n) is 8.28. The largest absolute Gasteiger partial charge is 0.486 e. The molecule has 1 saturated carbocycles. The van der Waals surface area contributed by atoms with Crippen molar-refractivity contribution in [2.75, 3.05) is 20.1 Å². The molecule has 0 spiro atoms. The van der Waals surface area contributed by atoms with Crippen molar-refractivity contribution in [3.8, 4) is 5.75 Å². The van der Waals surface area contributed by atoms with Gasteiger partial charge in [-0.05, 0) is 58.0 Å². The second-order valence-electron chi connectivity index (χ2n) is 6.64. The maximum Gasteiger partial charge on any atom is 0.358 e. The lowest BCUT2D eigenvalue weighted by Gasteiger charge is -2.29. The molecule has 1 aromatic rings. The van der Waals surface area contributed by atoms with Crippen molar-refractivity contribution in [2.24, 2.45) is 5.92 Å². The minimum atomic E-state index is -0.949. The summed E-state index contributed by atoms with van der Waals surface area (Å²) in [4.78, 5) is 13.9. The minimum absolute atomic E-state index is 0.150. The molecule has 2 aliphatic rings. The number of carboxylic acid groups (broad SMARTS) is 1. The number of ether oxygens (including phenoxy) is 1. The number of carboxylic acids is 1. The van der Waals surface area contributed by atoms with Gasteiger partial charge in [0.1, 0.15) is 0 Å². The van der Waals surface area contributed by atoms with Crippen molar-refractivity contribution in [3.63, 3.8) is 0 Å². The number of piperidine rings is 1. The zero-order chi connectivity index (χ0) is 15.5. The smallest absolute Gasteiger partial charge is 0.358 e. The van der Waals surface area contributed by atoms with Gasteiger partial charge in [-0.1, -0.05) is 0 Å². The van der Waals surface area contributed by atoms with Crippen LogP contribution in [0.1, 0.15) is 49.0 Å². The zero-order valence-electron chi connectivity index (χ0n) is 13.2. The summed E-state index contributed by atoms with van der Waals surface area (Å²) in [7, 11) is 2.11. The van der Waals surface area contributed by atoms with E-state index in [2.05, 4.69) is 17.0 Å². The standard InChI is InChI=1S/C16H25N3O3/c1-18-8-4-5-12(10-18)11-19-15(16(20)21)14(9-17-19)22-13-6-2-3-7-13/h9,12-13H,2-8,10-11H2,1H3,(H,20,21). The minimum Gasteiger partial charge on any atom is -0.486 e. The van der Waals surface area contributed by atoms with Gasteiger partial charge in [0, 0.05) is 13.1 Å². The molecule has 122 valence electrons. The van der Waals surface area contributed by atoms with E-state index in [9.17, 15) is 9.90 Å². The van der Waals surface area contributed by atoms with Crippen molar-refractivity contribution in [1.29, 1.82) is 0 Å². The van der Waals surface area contributed by atoms with Crippen LogP contribution in [-0.2, 0) is 6.54 Å². The van der Waals surface area contributed by atoms with Crippen molar-refractivity contribution < 1.29 is 14.6 Å². The molecule has 2 fully saturated rings. The van der Waals surface area contributed by atoms with E-state index in [1.165, 1.54) is 0 Å². The Morgan fingerprint density at radius 2 is 2.14 bits per heavy atom. The number of aromatic carboxylic acids is 1. The Bertz CT molecular complexity index is 523. The summed E-state index contributed by atoms with van der Waals surface area (Å²) in [5.74, 6) is -0.0608. The Balaban J connectivity index is 1.72. The normalized spacial score (nSPS) is 23.8. The molecule has 1 N–H and O–H groups in total. The fourth-order valence-electron chi connectivity index (χ4n) is 3.66. The number of aromatic nitrogens is 2. The third-order valence-corrected chi connectivity index (χ3v) is 4.76. The van der Waals surface area contributed by atoms with Crippen LogP contribution in [0.4, 0.5) is 0 Å². The van der Waals surface area contributed by atoms with Crippen molar-refractivity contribution >= 4 is 5.97 Å². The van der Waals surface area contributed by atoms with Crippen LogP contribution in [-0.4, -0.2) is 52.0 Å². The van der Waals surface area contributed by atoms with Crippen LogP contribution >= 0.6 is 0 Å². The monoisotopic (exact) mass is 307 g/mol. The van der Waals surface area contributed by atoms with Gasteiger partial charge in [-0.25, -0.2) is 4.79 Å². The maximum atomic E-state index is 11.6. The quantitative estimate of drug-likeness (QED) is 0.903. The molecule has 3 rings (SSSR count). The molecule has 1 aliphatic carbocycles. The summed E-state index contributed by atoms with van der Waals surface area (Å²) in [5, 5.41) is 13.8. The summed E-state index contributed by atoms with van der Waals surface area (Å²) < 4.78 is 7.51. The molecule has 0 bridgehead atoms. The molecule has 2 heterocycles. The maximum absolute atomic E-state index is 11.6. The lowest BCUT2D eigenvalue weighted by molar-refractivity contribution is 0.0671. The Morgan fingerprint density at radius 3 is 2.82 bits per heavy atom. The SMILES string of the molecule is CN1CCCC(Cn2ncc(OC3CCCC3)c2C(=O)O)C1. The molecular formula is C16H25N3O3. The Hall–Kier alpha value is -1.56. The predicted octanol–water partition coefficient (Wildman–Crippen LogP) is 2.24. The number of hydrogen-bond donors (Lipinski definition) is 1. The van der Waals surface area contributed by atoms with E-state index in [1.54, 1.807) is 10.9 Å². The fourth-order valence-corrected chi connectivity index (χ4v) is 3.66. The van der Waals surface area contributed by atoms with E-state index < -0.39 is 5.97 Å². The Morgan fingerprint density at radius 1 is 1.36 bits per heavy atom. The first-order chi connectivity index (χ1) is 10.6. The van der Waals surface area contributed by atoms with Crippen LogP contribution in [0.5, 0.6) is 5.75 Å². The van der Waals surface area contributed by atoms with E-state index in [1.807, 2.05) is 0 Å². The predicted molar refractivity (Wildman–Crippen MR) is 82.3 cm³/mol. The second-order valence-corrected chi connectivity index (χ2v) is 6.64. The highest BCUT2D eigenvalue weighted by Gasteiger charge is 2.26. The number of rotatable bonds is 5. The Labute approximate surface area is 131 Å². The van der Waals surface area contributed by atoms with E-state index in [0.29, 0.717) is 18.2 Å². The van der Waals surface area contributed by atoms with Crippen LogP contribution in [0.15, 0.2) is 6.20 Å². The number of hydrogen-bond acceptors (Lipinski definition) is 4. The average Bonchev–Trinajstić information content (AvgIpc) is 3.09. The molecule has 1 aliphatic heterocycles. The summed E-state index contributed by atoms with van der Waals surface area (Å²) in [6.45, 7) is 2.77. The summed E-state index contributed by atoms with van der Waals surface area (Å²) in [6, 6.07) is 0. The van der Waals surface area contributed by atoms with Crippen LogP contribution in [0.25, 0.3) is 0 Å². The van der Waals surface area contributed by atoms with Crippen molar-refractivity contribution in [1.82, 2.24) is 14.7 Å². The summed E-state index contributed by atoms with van der Waals surface area (Å²) >= 11 is 0. The van der Waals surface area contributed by atoms with Gasteiger partial charge in [0.25, 0.3) is 0 Å². The van der Waals surface area contributed by atoms with Crippen LogP contribution in [0.3, 0.4) is 0 Å². The van der Waals surface area contributed by atoms with Gasteiger partial charge >= 0.3 is 5.97 Å². The molecule has 6 nitrogen and oxygen atoms in total. The number of likely N-dealkylation sites (tertiary alicyclic amines) is 1. The first-order valence-corrected chi connectivity index (χ1v) is 8.28. The second kappa shape index (κ2) is 6.69. The molecule has 1 aromatic heterocycles. The highest BCUT2D eigenvalue weighted by Crippen LogP contribution is 2.27. The molecular weight excluding hydrogens is 282 g/mol. The van der Waals surface area contributed by atoms with Gasteiger partial charge in [0.05, 0.1) is 12.3 Å². The molecule has 6 heteroatoms. The number of carbonyl (C=O) groups is 1. The summed E-state index contributed by atoms with van der Waals surface area (Å²) in [5.41, 5.74) is 0.208. The van der Waals surface area contributed by atoms with Crippen LogP contribution in [0.2, 0.25) is 0 Å². The van der Waals surface area contributed by atoms with Crippen molar-refractivity contribution in [3.05, 3.63) is 11.9 Å². The van der Waals surface area contributed by atoms with Gasteiger partial charge in [-0.3, -0.25) is 4.68 Å². The van der Waals surface area contributed by atoms with Crippen molar-refractivity contribution in [2.45, 2.75) is 51.2 Å². The van der Waals surface area contributed by atoms with Gasteiger partial charge in [0.2, 0.25) is 0 Å². The van der Waals surface area contributed by atoms with E-state index in [0.717, 1.165) is 51.6 Å². The highest BCUT2D eigenvalue weighted by atomic mass is 16.5. The van der Waals surface area contributed by atoms with E-state index in [-0.39, 0.29) is 11.8 Å². The molecule has 0 amide bonds. The third kappa shape index (κ3) is 3.43. The Kier molecular flexibility index (Phi) is 4.66. The topological polar surface area (TPSA) is 67.6 Å². The van der Waals surface area contributed by atoms with Crippen LogP contribution in [0, 0.1) is 5.92 Å².